The van der Waals surface area contributed by atoms with E-state index in [1.807, 2.05) is 48.0 Å². The largest absolute Gasteiger partial charge is 0.494 e. The third kappa shape index (κ3) is 5.01. The standard InChI is InChI=1S/C25H22FN3O4/c1-17-5-2-7-21(15-17)33-14-4-13-28-12-3-6-20(28)16-22-23(30)27-25(32)29(24(22)31)19-10-8-18(26)9-11-19/h2-3,5-12,15-16H,4,13-14H2,1H3,(H,27,30,32)/b22-16-. The van der Waals surface area contributed by atoms with Gasteiger partial charge in [-0.15, -0.1) is 0 Å². The Kier molecular flexibility index (Phi) is 6.35. The predicted octanol–water partition coefficient (Wildman–Crippen LogP) is 4.07. The first-order valence-corrected chi connectivity index (χ1v) is 10.4. The maximum absolute atomic E-state index is 13.2. The molecule has 168 valence electrons. The van der Waals surface area contributed by atoms with Gasteiger partial charge in [0, 0.05) is 18.4 Å². The third-order valence-corrected chi connectivity index (χ3v) is 5.14. The Morgan fingerprint density at radius 1 is 1.03 bits per heavy atom. The molecule has 3 aromatic rings. The summed E-state index contributed by atoms with van der Waals surface area (Å²) in [5, 5.41) is 2.17. The van der Waals surface area contributed by atoms with Crippen molar-refractivity contribution in [1.82, 2.24) is 9.88 Å². The van der Waals surface area contributed by atoms with Crippen molar-refractivity contribution in [3.05, 3.63) is 89.5 Å². The molecule has 0 atom stereocenters. The molecule has 0 saturated carbocycles. The molecule has 1 aromatic heterocycles. The molecule has 0 bridgehead atoms. The monoisotopic (exact) mass is 447 g/mol. The van der Waals surface area contributed by atoms with Crippen molar-refractivity contribution in [3.63, 3.8) is 0 Å². The first kappa shape index (κ1) is 22.0. The number of nitrogens with zero attached hydrogens (tertiary/aromatic N) is 2. The average molecular weight is 447 g/mol. The zero-order valence-corrected chi connectivity index (χ0v) is 18.0. The van der Waals surface area contributed by atoms with Crippen molar-refractivity contribution in [3.8, 4) is 5.75 Å². The lowest BCUT2D eigenvalue weighted by molar-refractivity contribution is -0.122. The normalized spacial score (nSPS) is 15.2. The fraction of sp³-hybridized carbons (Fsp3) is 0.160. The van der Waals surface area contributed by atoms with E-state index in [9.17, 15) is 18.8 Å². The summed E-state index contributed by atoms with van der Waals surface area (Å²) in [5.41, 5.74) is 1.74. The molecule has 4 rings (SSSR count). The molecule has 4 amide bonds. The topological polar surface area (TPSA) is 80.6 Å². The van der Waals surface area contributed by atoms with E-state index in [1.54, 1.807) is 6.07 Å². The number of imide groups is 2. The van der Waals surface area contributed by atoms with Gasteiger partial charge in [0.1, 0.15) is 17.1 Å². The number of hydrogen-bond acceptors (Lipinski definition) is 4. The molecule has 2 heterocycles. The molecule has 2 aromatic carbocycles. The number of benzene rings is 2. The van der Waals surface area contributed by atoms with Crippen LogP contribution in [0.25, 0.3) is 6.08 Å². The van der Waals surface area contributed by atoms with E-state index < -0.39 is 23.7 Å². The van der Waals surface area contributed by atoms with Crippen LogP contribution in [0.4, 0.5) is 14.9 Å². The zero-order valence-electron chi connectivity index (χ0n) is 18.0. The summed E-state index contributed by atoms with van der Waals surface area (Å²) in [6, 6.07) is 15.4. The van der Waals surface area contributed by atoms with Crippen molar-refractivity contribution in [2.45, 2.75) is 19.9 Å². The van der Waals surface area contributed by atoms with Gasteiger partial charge in [0.2, 0.25) is 0 Å². The Labute approximate surface area is 190 Å². The number of aryl methyl sites for hydroxylation is 2. The minimum atomic E-state index is -0.877. The molecule has 1 saturated heterocycles. The van der Waals surface area contributed by atoms with Crippen LogP contribution in [0.3, 0.4) is 0 Å². The molecular weight excluding hydrogens is 425 g/mol. The van der Waals surface area contributed by atoms with E-state index in [0.717, 1.165) is 28.3 Å². The lowest BCUT2D eigenvalue weighted by Gasteiger charge is -2.26. The van der Waals surface area contributed by atoms with Crippen LogP contribution in [-0.2, 0) is 16.1 Å². The van der Waals surface area contributed by atoms with Crippen molar-refractivity contribution < 1.29 is 23.5 Å². The summed E-state index contributed by atoms with van der Waals surface area (Å²) in [6.07, 6.45) is 3.99. The lowest BCUT2D eigenvalue weighted by Crippen LogP contribution is -2.54. The van der Waals surface area contributed by atoms with Crippen molar-refractivity contribution in [2.75, 3.05) is 11.5 Å². The number of amides is 4. The number of carbonyl (C=O) groups excluding carboxylic acids is 3. The van der Waals surface area contributed by atoms with E-state index >= 15 is 0 Å². The summed E-state index contributed by atoms with van der Waals surface area (Å²) >= 11 is 0. The van der Waals surface area contributed by atoms with Gasteiger partial charge in [0.25, 0.3) is 11.8 Å². The Balaban J connectivity index is 1.47. The van der Waals surface area contributed by atoms with Crippen molar-refractivity contribution in [1.29, 1.82) is 0 Å². The summed E-state index contributed by atoms with van der Waals surface area (Å²) in [7, 11) is 0. The second-order valence-corrected chi connectivity index (χ2v) is 7.58. The second-order valence-electron chi connectivity index (χ2n) is 7.58. The summed E-state index contributed by atoms with van der Waals surface area (Å²) < 4.78 is 20.9. The molecule has 0 radical (unpaired) electrons. The molecule has 8 heteroatoms. The third-order valence-electron chi connectivity index (χ3n) is 5.14. The number of aromatic nitrogens is 1. The van der Waals surface area contributed by atoms with Gasteiger partial charge in [-0.1, -0.05) is 12.1 Å². The Morgan fingerprint density at radius 2 is 1.82 bits per heavy atom. The van der Waals surface area contributed by atoms with Crippen LogP contribution < -0.4 is 15.0 Å². The van der Waals surface area contributed by atoms with Gasteiger partial charge in [-0.2, -0.15) is 0 Å². The van der Waals surface area contributed by atoms with Crippen molar-refractivity contribution in [2.24, 2.45) is 0 Å². The molecule has 33 heavy (non-hydrogen) atoms. The van der Waals surface area contributed by atoms with Crippen molar-refractivity contribution >= 4 is 29.6 Å². The fourth-order valence-electron chi connectivity index (χ4n) is 3.52. The number of urea groups is 1. The van der Waals surface area contributed by atoms with E-state index in [4.69, 9.17) is 4.74 Å². The van der Waals surface area contributed by atoms with E-state index in [2.05, 4.69) is 5.32 Å². The number of hydrogen-bond donors (Lipinski definition) is 1. The molecule has 0 aliphatic carbocycles. The highest BCUT2D eigenvalue weighted by Crippen LogP contribution is 2.22. The van der Waals surface area contributed by atoms with E-state index in [1.165, 1.54) is 18.2 Å². The number of carbonyl (C=O) groups is 3. The Morgan fingerprint density at radius 3 is 2.58 bits per heavy atom. The average Bonchev–Trinajstić information content (AvgIpc) is 3.22. The minimum Gasteiger partial charge on any atom is -0.494 e. The first-order valence-electron chi connectivity index (χ1n) is 10.4. The van der Waals surface area contributed by atoms with Crippen LogP contribution >= 0.6 is 0 Å². The van der Waals surface area contributed by atoms with Gasteiger partial charge in [0.05, 0.1) is 12.3 Å². The SMILES string of the molecule is Cc1cccc(OCCCn2cccc2/C=C2/C(=O)NC(=O)N(c3ccc(F)cc3)C2=O)c1. The second kappa shape index (κ2) is 9.52. The quantitative estimate of drug-likeness (QED) is 0.336. The van der Waals surface area contributed by atoms with Gasteiger partial charge in [-0.25, -0.2) is 14.1 Å². The molecule has 1 N–H and O–H groups in total. The Bertz CT molecular complexity index is 1230. The number of rotatable bonds is 7. The van der Waals surface area contributed by atoms with Gasteiger partial charge < -0.3 is 9.30 Å². The van der Waals surface area contributed by atoms with Crippen LogP contribution in [0.2, 0.25) is 0 Å². The van der Waals surface area contributed by atoms with E-state index in [0.29, 0.717) is 25.3 Å². The van der Waals surface area contributed by atoms with Gasteiger partial charge in [-0.05, 0) is 73.5 Å². The summed E-state index contributed by atoms with van der Waals surface area (Å²) in [6.45, 7) is 3.11. The summed E-state index contributed by atoms with van der Waals surface area (Å²) in [5.74, 6) is -1.25. The molecule has 1 aliphatic rings. The van der Waals surface area contributed by atoms with Crippen LogP contribution in [0.5, 0.6) is 5.75 Å². The number of anilines is 1. The van der Waals surface area contributed by atoms with Crippen LogP contribution in [0.1, 0.15) is 17.7 Å². The molecule has 7 nitrogen and oxygen atoms in total. The number of halogens is 1. The minimum absolute atomic E-state index is 0.168. The van der Waals surface area contributed by atoms with Crippen LogP contribution in [-0.4, -0.2) is 29.0 Å². The molecule has 1 aliphatic heterocycles. The summed E-state index contributed by atoms with van der Waals surface area (Å²) in [4.78, 5) is 38.4. The highest BCUT2D eigenvalue weighted by molar-refractivity contribution is 6.39. The van der Waals surface area contributed by atoms with Crippen LogP contribution in [0.15, 0.2) is 72.4 Å². The first-order chi connectivity index (χ1) is 15.9. The molecular formula is C25H22FN3O4. The number of nitrogens with one attached hydrogen (secondary N) is 1. The highest BCUT2D eigenvalue weighted by Gasteiger charge is 2.36. The van der Waals surface area contributed by atoms with Crippen LogP contribution in [0, 0.1) is 12.7 Å². The number of ether oxygens (including phenoxy) is 1. The smallest absolute Gasteiger partial charge is 0.335 e. The zero-order chi connectivity index (χ0) is 23.4. The van der Waals surface area contributed by atoms with Gasteiger partial charge >= 0.3 is 6.03 Å². The lowest BCUT2D eigenvalue weighted by atomic mass is 10.1. The Hall–Kier alpha value is -4.20. The predicted molar refractivity (Wildman–Crippen MR) is 121 cm³/mol. The molecule has 0 spiro atoms. The molecule has 1 fully saturated rings. The number of barbiturate groups is 1. The van der Waals surface area contributed by atoms with E-state index in [-0.39, 0.29) is 11.3 Å². The highest BCUT2D eigenvalue weighted by atomic mass is 19.1. The maximum atomic E-state index is 13.2. The fourth-order valence-corrected chi connectivity index (χ4v) is 3.52. The van der Waals surface area contributed by atoms with Gasteiger partial charge in [-0.3, -0.25) is 14.9 Å². The maximum Gasteiger partial charge on any atom is 0.335 e. The molecule has 0 unspecified atom stereocenters. The van der Waals surface area contributed by atoms with Gasteiger partial charge in [0.15, 0.2) is 0 Å².